The molecule has 0 spiro atoms. The van der Waals surface area contributed by atoms with E-state index in [4.69, 9.17) is 11.6 Å². The Morgan fingerprint density at radius 2 is 1.96 bits per heavy atom. The summed E-state index contributed by atoms with van der Waals surface area (Å²) in [5.41, 5.74) is 2.07. The molecule has 0 bridgehead atoms. The van der Waals surface area contributed by atoms with Crippen LogP contribution in [-0.2, 0) is 16.6 Å². The van der Waals surface area contributed by atoms with E-state index in [9.17, 15) is 8.42 Å². The monoisotopic (exact) mass is 393 g/mol. The second-order valence-electron chi connectivity index (χ2n) is 6.65. The molecule has 140 valence electrons. The number of benzene rings is 2. The van der Waals surface area contributed by atoms with Crippen LogP contribution in [0.3, 0.4) is 0 Å². The highest BCUT2D eigenvalue weighted by molar-refractivity contribution is 7.89. The van der Waals surface area contributed by atoms with E-state index in [1.54, 1.807) is 32.3 Å². The molecule has 1 aliphatic heterocycles. The highest BCUT2D eigenvalue weighted by Crippen LogP contribution is 2.30. The van der Waals surface area contributed by atoms with E-state index in [0.717, 1.165) is 35.8 Å². The lowest BCUT2D eigenvalue weighted by atomic mass is 10.0. The number of piperazine rings is 1. The van der Waals surface area contributed by atoms with Crippen molar-refractivity contribution in [3.05, 3.63) is 64.7 Å². The molecule has 1 aliphatic rings. The molecule has 1 fully saturated rings. The zero-order valence-corrected chi connectivity index (χ0v) is 16.6. The molecule has 1 heterocycles. The first-order valence-electron chi connectivity index (χ1n) is 8.60. The number of rotatable bonds is 5. The van der Waals surface area contributed by atoms with E-state index in [2.05, 4.69) is 16.3 Å². The van der Waals surface area contributed by atoms with E-state index in [1.165, 1.54) is 4.31 Å². The molecule has 1 atom stereocenters. The Labute approximate surface area is 160 Å². The standard InChI is InChI=1S/C19H24ClN3O2S/c1-22(2)26(24,25)16-7-5-6-15(12-16)14-23-11-10-21-13-19(23)17-8-3-4-9-18(17)20/h3-9,12,19,21H,10-11,13-14H2,1-2H3. The van der Waals surface area contributed by atoms with E-state index in [1.807, 2.05) is 24.3 Å². The summed E-state index contributed by atoms with van der Waals surface area (Å²) in [4.78, 5) is 2.67. The Balaban J connectivity index is 1.86. The Hall–Kier alpha value is -1.44. The molecular formula is C19H24ClN3O2S. The first-order valence-corrected chi connectivity index (χ1v) is 10.4. The summed E-state index contributed by atoms with van der Waals surface area (Å²) in [5, 5.41) is 4.18. The van der Waals surface area contributed by atoms with Gasteiger partial charge in [-0.1, -0.05) is 41.9 Å². The first-order chi connectivity index (χ1) is 12.4. The summed E-state index contributed by atoms with van der Waals surface area (Å²) in [7, 11) is -0.337. The molecule has 7 heteroatoms. The van der Waals surface area contributed by atoms with Crippen LogP contribution in [0, 0.1) is 0 Å². The van der Waals surface area contributed by atoms with Gasteiger partial charge in [-0.05, 0) is 29.3 Å². The fourth-order valence-corrected chi connectivity index (χ4v) is 4.47. The van der Waals surface area contributed by atoms with Crippen molar-refractivity contribution in [2.45, 2.75) is 17.5 Å². The van der Waals surface area contributed by atoms with Gasteiger partial charge in [0.15, 0.2) is 0 Å². The third kappa shape index (κ3) is 4.10. The van der Waals surface area contributed by atoms with Crippen LogP contribution in [0.4, 0.5) is 0 Å². The summed E-state index contributed by atoms with van der Waals surface area (Å²) in [6, 6.07) is 15.2. The average molecular weight is 394 g/mol. The van der Waals surface area contributed by atoms with Crippen molar-refractivity contribution in [3.63, 3.8) is 0 Å². The molecule has 0 amide bonds. The highest BCUT2D eigenvalue weighted by atomic mass is 35.5. The predicted octanol–water partition coefficient (Wildman–Crippen LogP) is 2.74. The van der Waals surface area contributed by atoms with Gasteiger partial charge in [-0.2, -0.15) is 0 Å². The van der Waals surface area contributed by atoms with Crippen LogP contribution in [0.5, 0.6) is 0 Å². The summed E-state index contributed by atoms with van der Waals surface area (Å²) >= 11 is 6.41. The molecule has 0 aromatic heterocycles. The summed E-state index contributed by atoms with van der Waals surface area (Å²) < 4.78 is 26.0. The molecule has 0 saturated carbocycles. The van der Waals surface area contributed by atoms with Crippen molar-refractivity contribution in [1.82, 2.24) is 14.5 Å². The molecule has 0 aliphatic carbocycles. The second kappa shape index (κ2) is 8.06. The van der Waals surface area contributed by atoms with Crippen LogP contribution in [0.2, 0.25) is 5.02 Å². The topological polar surface area (TPSA) is 52.7 Å². The zero-order chi connectivity index (χ0) is 18.7. The van der Waals surface area contributed by atoms with Crippen LogP contribution in [0.1, 0.15) is 17.2 Å². The highest BCUT2D eigenvalue weighted by Gasteiger charge is 2.26. The smallest absolute Gasteiger partial charge is 0.242 e. The Morgan fingerprint density at radius 3 is 2.69 bits per heavy atom. The van der Waals surface area contributed by atoms with E-state index in [0.29, 0.717) is 11.4 Å². The predicted molar refractivity (Wildman–Crippen MR) is 105 cm³/mol. The Morgan fingerprint density at radius 1 is 1.19 bits per heavy atom. The van der Waals surface area contributed by atoms with Gasteiger partial charge in [0.25, 0.3) is 0 Å². The van der Waals surface area contributed by atoms with E-state index >= 15 is 0 Å². The molecule has 1 saturated heterocycles. The molecular weight excluding hydrogens is 370 g/mol. The zero-order valence-electron chi connectivity index (χ0n) is 15.0. The summed E-state index contributed by atoms with van der Waals surface area (Å²) in [6.45, 7) is 3.27. The normalized spacial score (nSPS) is 19.0. The Kier molecular flexibility index (Phi) is 5.99. The molecule has 0 radical (unpaired) electrons. The van der Waals surface area contributed by atoms with Gasteiger partial charge < -0.3 is 5.32 Å². The number of sulfonamides is 1. The van der Waals surface area contributed by atoms with Gasteiger partial charge in [0.05, 0.1) is 4.90 Å². The van der Waals surface area contributed by atoms with Crippen LogP contribution >= 0.6 is 11.6 Å². The largest absolute Gasteiger partial charge is 0.314 e. The van der Waals surface area contributed by atoms with Crippen molar-refractivity contribution in [2.24, 2.45) is 0 Å². The molecule has 3 rings (SSSR count). The van der Waals surface area contributed by atoms with Crippen molar-refractivity contribution < 1.29 is 8.42 Å². The number of hydrogen-bond donors (Lipinski definition) is 1. The number of nitrogens with zero attached hydrogens (tertiary/aromatic N) is 2. The lowest BCUT2D eigenvalue weighted by Gasteiger charge is -2.37. The van der Waals surface area contributed by atoms with Crippen LogP contribution in [0.15, 0.2) is 53.4 Å². The van der Waals surface area contributed by atoms with Crippen molar-refractivity contribution in [1.29, 1.82) is 0 Å². The number of nitrogens with one attached hydrogen (secondary N) is 1. The molecule has 1 unspecified atom stereocenters. The lowest BCUT2D eigenvalue weighted by Crippen LogP contribution is -2.45. The molecule has 5 nitrogen and oxygen atoms in total. The maximum Gasteiger partial charge on any atom is 0.242 e. The van der Waals surface area contributed by atoms with Crippen LogP contribution in [0.25, 0.3) is 0 Å². The Bertz CT molecular complexity index is 871. The van der Waals surface area contributed by atoms with Gasteiger partial charge in [0, 0.05) is 51.3 Å². The van der Waals surface area contributed by atoms with Crippen molar-refractivity contribution in [2.75, 3.05) is 33.7 Å². The first kappa shape index (κ1) is 19.3. The second-order valence-corrected chi connectivity index (χ2v) is 9.21. The minimum absolute atomic E-state index is 0.159. The van der Waals surface area contributed by atoms with Crippen molar-refractivity contribution >= 4 is 21.6 Å². The molecule has 2 aromatic carbocycles. The fraction of sp³-hybridized carbons (Fsp3) is 0.368. The number of halogens is 1. The van der Waals surface area contributed by atoms with E-state index in [-0.39, 0.29) is 6.04 Å². The number of hydrogen-bond acceptors (Lipinski definition) is 4. The van der Waals surface area contributed by atoms with Crippen molar-refractivity contribution in [3.8, 4) is 0 Å². The maximum atomic E-state index is 12.4. The third-order valence-corrected chi connectivity index (χ3v) is 6.84. The summed E-state index contributed by atoms with van der Waals surface area (Å²) in [5.74, 6) is 0. The third-order valence-electron chi connectivity index (χ3n) is 4.68. The van der Waals surface area contributed by atoms with Gasteiger partial charge in [-0.25, -0.2) is 12.7 Å². The molecule has 2 aromatic rings. The molecule has 1 N–H and O–H groups in total. The minimum Gasteiger partial charge on any atom is -0.314 e. The van der Waals surface area contributed by atoms with E-state index < -0.39 is 10.0 Å². The van der Waals surface area contributed by atoms with Crippen LogP contribution < -0.4 is 5.32 Å². The van der Waals surface area contributed by atoms with Gasteiger partial charge in [-0.3, -0.25) is 4.90 Å². The fourth-order valence-electron chi connectivity index (χ4n) is 3.24. The maximum absolute atomic E-state index is 12.4. The van der Waals surface area contributed by atoms with Gasteiger partial charge in [0.1, 0.15) is 0 Å². The van der Waals surface area contributed by atoms with Crippen LogP contribution in [-0.4, -0.2) is 51.4 Å². The van der Waals surface area contributed by atoms with Gasteiger partial charge in [-0.15, -0.1) is 0 Å². The molecule has 26 heavy (non-hydrogen) atoms. The SMILES string of the molecule is CN(C)S(=O)(=O)c1cccc(CN2CCNCC2c2ccccc2Cl)c1. The lowest BCUT2D eigenvalue weighted by molar-refractivity contribution is 0.153. The minimum atomic E-state index is -3.43. The average Bonchev–Trinajstić information content (AvgIpc) is 2.63. The van der Waals surface area contributed by atoms with Gasteiger partial charge >= 0.3 is 0 Å². The quantitative estimate of drug-likeness (QED) is 0.848. The summed E-state index contributed by atoms with van der Waals surface area (Å²) in [6.07, 6.45) is 0. The van der Waals surface area contributed by atoms with Gasteiger partial charge in [0.2, 0.25) is 10.0 Å².